The van der Waals surface area contributed by atoms with Crippen molar-refractivity contribution in [3.63, 3.8) is 0 Å². The molecular formula is C45H52O14. The number of esters is 6. The molecule has 0 aliphatic heterocycles. The first kappa shape index (κ1) is 46.9. The molecule has 0 aliphatic carbocycles. The molecule has 0 N–H and O–H groups in total. The smallest absolute Gasteiger partial charge is 0.343 e. The number of rotatable bonds is 28. The minimum atomic E-state index is -0.867. The van der Waals surface area contributed by atoms with Crippen LogP contribution in [-0.4, -0.2) is 75.5 Å². The van der Waals surface area contributed by atoms with Crippen molar-refractivity contribution in [2.45, 2.75) is 71.1 Å². The second kappa shape index (κ2) is 27.2. The Balaban J connectivity index is 1.57. The van der Waals surface area contributed by atoms with Crippen LogP contribution in [0, 0.1) is 0 Å². The standard InChI is InChI=1S/C45H52O14/c1-4-40(46)55-29-13-9-7-11-27-53-35-21-17-33(18-22-35)43(49)58-37-25-26-39(38(32-37)45(51)57-31-15-16-42(48)52-6-3)59-44(50)34-19-23-36(24-20-34)54-28-12-8-10-14-30-56-41(47)5-2/h4-5,17-26,32H,1-2,6-16,27-31H2,3H3. The SMILES string of the molecule is C=CC(=O)OCCCCCCOc1ccc(C(=O)Oc2ccc(OC(=O)c3ccc(OCCCCCCOC(=O)C=C)cc3)c(C(=O)OCCCC(=O)OCC)c2)cc1. The summed E-state index contributed by atoms with van der Waals surface area (Å²) in [5.74, 6) is -2.66. The summed E-state index contributed by atoms with van der Waals surface area (Å²) in [7, 11) is 0. The van der Waals surface area contributed by atoms with Gasteiger partial charge < -0.3 is 37.9 Å². The van der Waals surface area contributed by atoms with Gasteiger partial charge in [0.1, 0.15) is 28.6 Å². The highest BCUT2D eigenvalue weighted by Gasteiger charge is 2.21. The fourth-order valence-electron chi connectivity index (χ4n) is 5.17. The minimum Gasteiger partial charge on any atom is -0.494 e. The van der Waals surface area contributed by atoms with E-state index < -0.39 is 35.8 Å². The third-order valence-electron chi connectivity index (χ3n) is 8.26. The van der Waals surface area contributed by atoms with E-state index in [0.717, 1.165) is 63.5 Å². The van der Waals surface area contributed by atoms with Gasteiger partial charge in [-0.3, -0.25) is 4.79 Å². The molecule has 0 saturated carbocycles. The molecule has 14 nitrogen and oxygen atoms in total. The summed E-state index contributed by atoms with van der Waals surface area (Å²) in [5.41, 5.74) is 0.230. The van der Waals surface area contributed by atoms with Crippen LogP contribution in [0.4, 0.5) is 0 Å². The van der Waals surface area contributed by atoms with Crippen molar-refractivity contribution in [3.8, 4) is 23.0 Å². The lowest BCUT2D eigenvalue weighted by Crippen LogP contribution is -2.15. The average molecular weight is 817 g/mol. The van der Waals surface area contributed by atoms with Crippen LogP contribution in [0.15, 0.2) is 92.0 Å². The molecule has 3 aromatic rings. The van der Waals surface area contributed by atoms with Crippen LogP contribution in [0.1, 0.15) is 102 Å². The number of hydrogen-bond donors (Lipinski definition) is 0. The van der Waals surface area contributed by atoms with Crippen LogP contribution < -0.4 is 18.9 Å². The molecule has 3 aromatic carbocycles. The molecule has 0 aromatic heterocycles. The van der Waals surface area contributed by atoms with Crippen molar-refractivity contribution in [1.29, 1.82) is 0 Å². The second-order valence-corrected chi connectivity index (χ2v) is 12.8. The van der Waals surface area contributed by atoms with E-state index in [2.05, 4.69) is 13.2 Å². The molecule has 0 saturated heterocycles. The summed E-state index contributed by atoms with van der Waals surface area (Å²) < 4.78 is 42.9. The number of carbonyl (C=O) groups excluding carboxylic acids is 6. The molecule has 0 bridgehead atoms. The minimum absolute atomic E-state index is 0.00881. The van der Waals surface area contributed by atoms with Crippen molar-refractivity contribution in [2.75, 3.05) is 39.6 Å². The Hall–Kier alpha value is -6.44. The lowest BCUT2D eigenvalue weighted by atomic mass is 10.1. The van der Waals surface area contributed by atoms with Gasteiger partial charge in [0.05, 0.1) is 50.8 Å². The summed E-state index contributed by atoms with van der Waals surface area (Å²) in [6, 6.07) is 16.6. The highest BCUT2D eigenvalue weighted by molar-refractivity contribution is 5.97. The zero-order valence-corrected chi connectivity index (χ0v) is 33.4. The first-order valence-electron chi connectivity index (χ1n) is 19.6. The van der Waals surface area contributed by atoms with Gasteiger partial charge in [-0.2, -0.15) is 0 Å². The van der Waals surface area contributed by atoms with E-state index in [0.29, 0.717) is 37.9 Å². The highest BCUT2D eigenvalue weighted by Crippen LogP contribution is 2.28. The fourth-order valence-corrected chi connectivity index (χ4v) is 5.17. The molecule has 0 radical (unpaired) electrons. The second-order valence-electron chi connectivity index (χ2n) is 12.8. The molecule has 0 fully saturated rings. The lowest BCUT2D eigenvalue weighted by Gasteiger charge is -2.13. The molecule has 0 aliphatic rings. The third kappa shape index (κ3) is 18.6. The zero-order chi connectivity index (χ0) is 42.7. The van der Waals surface area contributed by atoms with Gasteiger partial charge in [0.15, 0.2) is 0 Å². The molecule has 59 heavy (non-hydrogen) atoms. The predicted octanol–water partition coefficient (Wildman–Crippen LogP) is 7.96. The summed E-state index contributed by atoms with van der Waals surface area (Å²) in [6.45, 7) is 10.1. The fraction of sp³-hybridized carbons (Fsp3) is 0.378. The van der Waals surface area contributed by atoms with Crippen molar-refractivity contribution in [1.82, 2.24) is 0 Å². The maximum absolute atomic E-state index is 13.2. The summed E-state index contributed by atoms with van der Waals surface area (Å²) in [4.78, 5) is 73.4. The average Bonchev–Trinajstić information content (AvgIpc) is 3.24. The summed E-state index contributed by atoms with van der Waals surface area (Å²) >= 11 is 0. The maximum atomic E-state index is 13.2. The quantitative estimate of drug-likeness (QED) is 0.0227. The van der Waals surface area contributed by atoms with Gasteiger partial charge >= 0.3 is 35.8 Å². The molecule has 3 rings (SSSR count). The Bertz CT molecular complexity index is 1830. The Kier molecular flexibility index (Phi) is 21.7. The summed E-state index contributed by atoms with van der Waals surface area (Å²) in [6.07, 6.45) is 9.11. The Labute approximate surface area is 344 Å². The number of benzene rings is 3. The molecule has 14 heteroatoms. The van der Waals surface area contributed by atoms with Crippen molar-refractivity contribution >= 4 is 35.8 Å². The van der Waals surface area contributed by atoms with E-state index >= 15 is 0 Å². The normalized spacial score (nSPS) is 10.4. The van der Waals surface area contributed by atoms with Crippen LogP contribution in [-0.2, 0) is 33.3 Å². The van der Waals surface area contributed by atoms with Gasteiger partial charge in [-0.05, 0) is 131 Å². The van der Waals surface area contributed by atoms with E-state index in [1.54, 1.807) is 43.3 Å². The van der Waals surface area contributed by atoms with E-state index in [-0.39, 0.29) is 54.2 Å². The van der Waals surface area contributed by atoms with E-state index in [9.17, 15) is 28.8 Å². The summed E-state index contributed by atoms with van der Waals surface area (Å²) in [5, 5.41) is 0. The molecular weight excluding hydrogens is 764 g/mol. The largest absolute Gasteiger partial charge is 0.494 e. The monoisotopic (exact) mass is 816 g/mol. The van der Waals surface area contributed by atoms with Crippen LogP contribution in [0.2, 0.25) is 0 Å². The van der Waals surface area contributed by atoms with Gasteiger partial charge in [0.25, 0.3) is 0 Å². The number of carbonyl (C=O) groups is 6. The van der Waals surface area contributed by atoms with Crippen LogP contribution in [0.3, 0.4) is 0 Å². The first-order chi connectivity index (χ1) is 28.6. The van der Waals surface area contributed by atoms with Crippen LogP contribution in [0.25, 0.3) is 0 Å². The number of ether oxygens (including phenoxy) is 8. The predicted molar refractivity (Wildman–Crippen MR) is 216 cm³/mol. The highest BCUT2D eigenvalue weighted by atomic mass is 16.6. The Morgan fingerprint density at radius 1 is 0.492 bits per heavy atom. The van der Waals surface area contributed by atoms with Crippen molar-refractivity contribution < 1.29 is 66.7 Å². The maximum Gasteiger partial charge on any atom is 0.343 e. The van der Waals surface area contributed by atoms with E-state index in [4.69, 9.17) is 37.9 Å². The molecule has 0 unspecified atom stereocenters. The van der Waals surface area contributed by atoms with Gasteiger partial charge in [-0.1, -0.05) is 13.2 Å². The third-order valence-corrected chi connectivity index (χ3v) is 8.26. The van der Waals surface area contributed by atoms with Gasteiger partial charge in [0, 0.05) is 18.6 Å². The molecule has 0 atom stereocenters. The molecule has 0 spiro atoms. The van der Waals surface area contributed by atoms with E-state index in [1.807, 2.05) is 0 Å². The zero-order valence-electron chi connectivity index (χ0n) is 33.4. The molecule has 316 valence electrons. The van der Waals surface area contributed by atoms with Gasteiger partial charge in [0.2, 0.25) is 0 Å². The van der Waals surface area contributed by atoms with Crippen LogP contribution >= 0.6 is 0 Å². The van der Waals surface area contributed by atoms with Crippen molar-refractivity contribution in [2.24, 2.45) is 0 Å². The van der Waals surface area contributed by atoms with E-state index in [1.165, 1.54) is 30.3 Å². The number of unbranched alkanes of at least 4 members (excludes halogenated alkanes) is 6. The topological polar surface area (TPSA) is 176 Å². The lowest BCUT2D eigenvalue weighted by molar-refractivity contribution is -0.143. The first-order valence-corrected chi connectivity index (χ1v) is 19.6. The van der Waals surface area contributed by atoms with Crippen molar-refractivity contribution in [3.05, 3.63) is 109 Å². The molecule has 0 amide bonds. The Morgan fingerprint density at radius 3 is 1.44 bits per heavy atom. The van der Waals surface area contributed by atoms with Gasteiger partial charge in [-0.15, -0.1) is 0 Å². The Morgan fingerprint density at radius 2 is 0.949 bits per heavy atom. The molecule has 0 heterocycles. The number of hydrogen-bond acceptors (Lipinski definition) is 14. The van der Waals surface area contributed by atoms with Crippen LogP contribution in [0.5, 0.6) is 23.0 Å². The van der Waals surface area contributed by atoms with Gasteiger partial charge in [-0.25, -0.2) is 24.0 Å².